The lowest BCUT2D eigenvalue weighted by Crippen LogP contribution is -2.24. The summed E-state index contributed by atoms with van der Waals surface area (Å²) in [6.07, 6.45) is 1.27. The fourth-order valence-corrected chi connectivity index (χ4v) is 4.06. The number of rotatable bonds is 6. The fourth-order valence-electron chi connectivity index (χ4n) is 2.15. The van der Waals surface area contributed by atoms with Gasteiger partial charge in [-0.2, -0.15) is 5.10 Å². The highest BCUT2D eigenvalue weighted by Gasteiger charge is 2.10. The third-order valence-corrected chi connectivity index (χ3v) is 5.09. The van der Waals surface area contributed by atoms with E-state index in [-0.39, 0.29) is 12.5 Å². The van der Waals surface area contributed by atoms with Gasteiger partial charge in [-0.15, -0.1) is 10.2 Å². The Labute approximate surface area is 186 Å². The van der Waals surface area contributed by atoms with E-state index >= 15 is 0 Å². The van der Waals surface area contributed by atoms with Crippen molar-refractivity contribution >= 4 is 59.9 Å². The summed E-state index contributed by atoms with van der Waals surface area (Å²) in [7, 11) is 0. The molecule has 0 aliphatic carbocycles. The summed E-state index contributed by atoms with van der Waals surface area (Å²) < 4.78 is 13.5. The predicted octanol–water partition coefficient (Wildman–Crippen LogP) is 4.86. The maximum atomic E-state index is 11.9. The molecule has 1 amide bonds. The molecule has 0 spiro atoms. The number of amides is 1. The number of nitrogens with zero attached hydrogens (tertiary/aromatic N) is 3. The van der Waals surface area contributed by atoms with Crippen LogP contribution in [0.5, 0.6) is 5.75 Å². The van der Waals surface area contributed by atoms with Crippen molar-refractivity contribution in [3.05, 3.63) is 61.3 Å². The first-order chi connectivity index (χ1) is 13.4. The molecule has 10 heteroatoms. The Hall–Kier alpha value is -2.04. The number of aryl methyl sites for hydroxylation is 1. The first kappa shape index (κ1) is 20.7. The van der Waals surface area contributed by atoms with E-state index in [1.165, 1.54) is 6.21 Å². The van der Waals surface area contributed by atoms with Gasteiger partial charge in [-0.1, -0.05) is 15.9 Å². The Morgan fingerprint density at radius 3 is 2.54 bits per heavy atom. The monoisotopic (exact) mass is 570 g/mol. The molecule has 0 saturated heterocycles. The normalized spacial score (nSPS) is 11.0. The number of ether oxygens (including phenoxy) is 1. The van der Waals surface area contributed by atoms with Crippen molar-refractivity contribution in [1.29, 1.82) is 0 Å². The molecule has 0 fully saturated rings. The lowest BCUT2D eigenvalue weighted by molar-refractivity contribution is -0.123. The molecule has 1 aromatic heterocycles. The number of carbonyl (C=O) groups excluding carboxylic acids is 1. The van der Waals surface area contributed by atoms with Crippen molar-refractivity contribution in [2.45, 2.75) is 6.92 Å². The molecule has 0 bridgehead atoms. The van der Waals surface area contributed by atoms with Crippen LogP contribution in [0.4, 0.5) is 0 Å². The Morgan fingerprint density at radius 1 is 1.18 bits per heavy atom. The van der Waals surface area contributed by atoms with Gasteiger partial charge in [0.1, 0.15) is 12.0 Å². The highest BCUT2D eigenvalue weighted by atomic mass is 79.9. The molecule has 0 aliphatic rings. The van der Waals surface area contributed by atoms with Gasteiger partial charge in [0.2, 0.25) is 5.89 Å². The highest BCUT2D eigenvalue weighted by molar-refractivity contribution is 9.11. The second-order valence-corrected chi connectivity index (χ2v) is 8.22. The minimum absolute atomic E-state index is 0.170. The largest absolute Gasteiger partial charge is 0.481 e. The molecule has 144 valence electrons. The van der Waals surface area contributed by atoms with Crippen molar-refractivity contribution in [3.8, 4) is 17.2 Å². The average molecular weight is 573 g/mol. The first-order valence-corrected chi connectivity index (χ1v) is 10.3. The van der Waals surface area contributed by atoms with Gasteiger partial charge in [0, 0.05) is 10.0 Å². The molecule has 0 unspecified atom stereocenters. The van der Waals surface area contributed by atoms with E-state index in [1.54, 1.807) is 0 Å². The van der Waals surface area contributed by atoms with Gasteiger partial charge in [0.15, 0.2) is 6.61 Å². The molecule has 0 atom stereocenters. The zero-order valence-corrected chi connectivity index (χ0v) is 19.2. The number of benzene rings is 2. The highest BCUT2D eigenvalue weighted by Crippen LogP contribution is 2.34. The van der Waals surface area contributed by atoms with Gasteiger partial charge in [0.25, 0.3) is 11.8 Å². The SMILES string of the molecule is Cc1cc(Br)c(OCC(=O)N/N=C/c2nnc(-c3ccc(Br)cc3)o2)c(Br)c1. The molecular formula is C18H13Br3N4O3. The van der Waals surface area contributed by atoms with Crippen LogP contribution in [0.15, 0.2) is 59.3 Å². The van der Waals surface area contributed by atoms with Gasteiger partial charge >= 0.3 is 0 Å². The molecule has 3 rings (SSSR count). The number of hydrogen-bond donors (Lipinski definition) is 1. The Balaban J connectivity index is 1.54. The zero-order chi connectivity index (χ0) is 20.1. The van der Waals surface area contributed by atoms with Crippen LogP contribution in [-0.2, 0) is 4.79 Å². The second-order valence-electron chi connectivity index (χ2n) is 5.59. The van der Waals surface area contributed by atoms with Gasteiger partial charge in [-0.25, -0.2) is 5.43 Å². The van der Waals surface area contributed by atoms with Crippen molar-refractivity contribution in [3.63, 3.8) is 0 Å². The number of hydrazone groups is 1. The summed E-state index contributed by atoms with van der Waals surface area (Å²) in [5.74, 6) is 0.643. The van der Waals surface area contributed by atoms with Gasteiger partial charge in [-0.05, 0) is 80.7 Å². The molecule has 1 heterocycles. The number of aromatic nitrogens is 2. The predicted molar refractivity (Wildman–Crippen MR) is 115 cm³/mol. The second kappa shape index (κ2) is 9.44. The molecule has 7 nitrogen and oxygen atoms in total. The third-order valence-electron chi connectivity index (χ3n) is 3.39. The topological polar surface area (TPSA) is 89.6 Å². The number of nitrogens with one attached hydrogen (secondary N) is 1. The Morgan fingerprint density at radius 2 is 1.86 bits per heavy atom. The molecule has 0 radical (unpaired) electrons. The summed E-state index contributed by atoms with van der Waals surface area (Å²) in [6.45, 7) is 1.76. The molecule has 1 N–H and O–H groups in total. The van der Waals surface area contributed by atoms with Gasteiger partial charge in [0.05, 0.1) is 8.95 Å². The van der Waals surface area contributed by atoms with Gasteiger partial charge < -0.3 is 9.15 Å². The van der Waals surface area contributed by atoms with Crippen LogP contribution in [-0.4, -0.2) is 28.9 Å². The van der Waals surface area contributed by atoms with Crippen molar-refractivity contribution in [1.82, 2.24) is 15.6 Å². The lowest BCUT2D eigenvalue weighted by atomic mass is 10.2. The minimum Gasteiger partial charge on any atom is -0.481 e. The number of carbonyl (C=O) groups is 1. The van der Waals surface area contributed by atoms with Crippen molar-refractivity contribution in [2.24, 2.45) is 5.10 Å². The maximum absolute atomic E-state index is 11.9. The van der Waals surface area contributed by atoms with Crippen molar-refractivity contribution in [2.75, 3.05) is 6.61 Å². The van der Waals surface area contributed by atoms with Crippen LogP contribution in [0.1, 0.15) is 11.5 Å². The van der Waals surface area contributed by atoms with Crippen LogP contribution >= 0.6 is 47.8 Å². The van der Waals surface area contributed by atoms with E-state index in [9.17, 15) is 4.79 Å². The smallest absolute Gasteiger partial charge is 0.277 e. The standard InChI is InChI=1S/C18H13Br3N4O3/c1-10-6-13(20)17(14(21)7-10)27-9-15(26)23-22-8-16-24-25-18(28-16)11-2-4-12(19)5-3-11/h2-8H,9H2,1H3,(H,23,26)/b22-8+. The average Bonchev–Trinajstić information content (AvgIpc) is 3.10. The molecule has 2 aromatic carbocycles. The minimum atomic E-state index is -0.428. The Bertz CT molecular complexity index is 996. The van der Waals surface area contributed by atoms with E-state index in [1.807, 2.05) is 43.3 Å². The third kappa shape index (κ3) is 5.49. The van der Waals surface area contributed by atoms with Gasteiger partial charge in [-0.3, -0.25) is 4.79 Å². The fraction of sp³-hybridized carbons (Fsp3) is 0.111. The van der Waals surface area contributed by atoms with E-state index in [2.05, 4.69) is 68.5 Å². The van der Waals surface area contributed by atoms with Crippen LogP contribution in [0, 0.1) is 6.92 Å². The molecule has 0 aliphatic heterocycles. The number of hydrogen-bond acceptors (Lipinski definition) is 6. The summed E-state index contributed by atoms with van der Waals surface area (Å²) in [5.41, 5.74) is 4.19. The van der Waals surface area contributed by atoms with Crippen LogP contribution < -0.4 is 10.2 Å². The molecule has 0 saturated carbocycles. The van der Waals surface area contributed by atoms with E-state index < -0.39 is 5.91 Å². The molecular weight excluding hydrogens is 560 g/mol. The van der Waals surface area contributed by atoms with E-state index in [0.717, 1.165) is 24.5 Å². The first-order valence-electron chi connectivity index (χ1n) is 7.92. The summed E-state index contributed by atoms with van der Waals surface area (Å²) >= 11 is 10.2. The van der Waals surface area contributed by atoms with E-state index in [4.69, 9.17) is 9.15 Å². The summed E-state index contributed by atoms with van der Waals surface area (Å²) in [6, 6.07) is 11.2. The van der Waals surface area contributed by atoms with Crippen LogP contribution in [0.3, 0.4) is 0 Å². The molecule has 3 aromatic rings. The molecule has 28 heavy (non-hydrogen) atoms. The Kier molecular flexibility index (Phi) is 6.97. The van der Waals surface area contributed by atoms with E-state index in [0.29, 0.717) is 11.6 Å². The maximum Gasteiger partial charge on any atom is 0.277 e. The van der Waals surface area contributed by atoms with Crippen LogP contribution in [0.2, 0.25) is 0 Å². The lowest BCUT2D eigenvalue weighted by Gasteiger charge is -2.10. The summed E-state index contributed by atoms with van der Waals surface area (Å²) in [4.78, 5) is 11.9. The zero-order valence-electron chi connectivity index (χ0n) is 14.4. The van der Waals surface area contributed by atoms with Crippen molar-refractivity contribution < 1.29 is 13.9 Å². The van der Waals surface area contributed by atoms with Crippen LogP contribution in [0.25, 0.3) is 11.5 Å². The quantitative estimate of drug-likeness (QED) is 0.336. The number of halogens is 3. The summed E-state index contributed by atoms with van der Waals surface area (Å²) in [5, 5.41) is 11.6.